The molecular formula is C28H30N2O4. The van der Waals surface area contributed by atoms with E-state index < -0.39 is 11.8 Å². The van der Waals surface area contributed by atoms with Crippen molar-refractivity contribution in [2.75, 3.05) is 19.8 Å². The highest BCUT2D eigenvalue weighted by molar-refractivity contribution is 6.19. The van der Waals surface area contributed by atoms with Gasteiger partial charge in [0.05, 0.1) is 13.2 Å². The van der Waals surface area contributed by atoms with Crippen molar-refractivity contribution < 1.29 is 19.1 Å². The molecule has 1 aliphatic heterocycles. The molecule has 176 valence electrons. The molecule has 0 N–H and O–H groups in total. The van der Waals surface area contributed by atoms with E-state index in [9.17, 15) is 14.9 Å². The van der Waals surface area contributed by atoms with E-state index in [4.69, 9.17) is 9.47 Å². The SMILES string of the molecule is CCCCOc1ccc(/C=C2/C(=O)N(CCc3ccccc3)C(=O)C(C#N)=C2C)cc1OCC. The topological polar surface area (TPSA) is 79.6 Å². The first-order chi connectivity index (χ1) is 16.5. The van der Waals surface area contributed by atoms with Crippen LogP contribution in [-0.4, -0.2) is 36.5 Å². The third-order valence-electron chi connectivity index (χ3n) is 5.63. The Balaban J connectivity index is 1.93. The summed E-state index contributed by atoms with van der Waals surface area (Å²) in [7, 11) is 0. The lowest BCUT2D eigenvalue weighted by molar-refractivity contribution is -0.140. The maximum atomic E-state index is 13.3. The lowest BCUT2D eigenvalue weighted by Crippen LogP contribution is -2.43. The molecular weight excluding hydrogens is 428 g/mol. The second-order valence-electron chi connectivity index (χ2n) is 8.01. The van der Waals surface area contributed by atoms with E-state index >= 15 is 0 Å². The van der Waals surface area contributed by atoms with Gasteiger partial charge < -0.3 is 9.47 Å². The van der Waals surface area contributed by atoms with Crippen LogP contribution in [0.5, 0.6) is 11.5 Å². The van der Waals surface area contributed by atoms with E-state index in [1.807, 2.05) is 61.5 Å². The van der Waals surface area contributed by atoms with E-state index in [0.29, 0.717) is 42.3 Å². The van der Waals surface area contributed by atoms with Gasteiger partial charge in [-0.05, 0) is 61.6 Å². The molecule has 0 atom stereocenters. The molecule has 0 saturated heterocycles. The maximum Gasteiger partial charge on any atom is 0.271 e. The van der Waals surface area contributed by atoms with E-state index in [-0.39, 0.29) is 12.1 Å². The van der Waals surface area contributed by atoms with Crippen molar-refractivity contribution in [3.63, 3.8) is 0 Å². The summed E-state index contributed by atoms with van der Waals surface area (Å²) in [6.07, 6.45) is 4.19. The Kier molecular flexibility index (Phi) is 8.64. The zero-order valence-corrected chi connectivity index (χ0v) is 20.0. The highest BCUT2D eigenvalue weighted by Crippen LogP contribution is 2.32. The summed E-state index contributed by atoms with van der Waals surface area (Å²) in [6.45, 7) is 6.91. The molecule has 1 heterocycles. The van der Waals surface area contributed by atoms with Gasteiger partial charge in [0.2, 0.25) is 0 Å². The normalized spacial score (nSPS) is 15.0. The first-order valence-corrected chi connectivity index (χ1v) is 11.6. The van der Waals surface area contributed by atoms with Gasteiger partial charge in [-0.1, -0.05) is 49.7 Å². The molecule has 0 bridgehead atoms. The van der Waals surface area contributed by atoms with E-state index in [2.05, 4.69) is 6.92 Å². The van der Waals surface area contributed by atoms with Crippen molar-refractivity contribution in [2.24, 2.45) is 0 Å². The summed E-state index contributed by atoms with van der Waals surface area (Å²) in [6, 6.07) is 17.1. The molecule has 2 aromatic rings. The second-order valence-corrected chi connectivity index (χ2v) is 8.01. The second kappa shape index (κ2) is 11.9. The van der Waals surface area contributed by atoms with E-state index in [1.54, 1.807) is 13.0 Å². The molecule has 0 spiro atoms. The van der Waals surface area contributed by atoms with Gasteiger partial charge in [-0.15, -0.1) is 0 Å². The number of hydrogen-bond donors (Lipinski definition) is 0. The quantitative estimate of drug-likeness (QED) is 0.281. The zero-order valence-electron chi connectivity index (χ0n) is 20.0. The molecule has 6 heteroatoms. The van der Waals surface area contributed by atoms with Crippen molar-refractivity contribution in [1.29, 1.82) is 5.26 Å². The average molecular weight is 459 g/mol. The van der Waals surface area contributed by atoms with Gasteiger partial charge in [-0.25, -0.2) is 0 Å². The standard InChI is InChI=1S/C28H30N2O4/c1-4-6-16-34-25-13-12-22(18-26(25)33-5-2)17-23-20(3)24(19-29)28(32)30(27(23)31)15-14-21-10-8-7-9-11-21/h7-13,17-18H,4-6,14-16H2,1-3H3/b23-17+. The minimum Gasteiger partial charge on any atom is -0.490 e. The van der Waals surface area contributed by atoms with Gasteiger partial charge >= 0.3 is 0 Å². The number of imide groups is 1. The highest BCUT2D eigenvalue weighted by atomic mass is 16.5. The fourth-order valence-corrected chi connectivity index (χ4v) is 3.71. The van der Waals surface area contributed by atoms with Crippen LogP contribution in [0.4, 0.5) is 0 Å². The van der Waals surface area contributed by atoms with Crippen LogP contribution < -0.4 is 9.47 Å². The summed E-state index contributed by atoms with van der Waals surface area (Å²) in [5.41, 5.74) is 2.44. The van der Waals surface area contributed by atoms with Crippen molar-refractivity contribution in [2.45, 2.75) is 40.0 Å². The summed E-state index contributed by atoms with van der Waals surface area (Å²) < 4.78 is 11.6. The summed E-state index contributed by atoms with van der Waals surface area (Å²) in [4.78, 5) is 27.4. The van der Waals surface area contributed by atoms with Gasteiger partial charge in [-0.3, -0.25) is 14.5 Å². The Bertz CT molecular complexity index is 1140. The van der Waals surface area contributed by atoms with Crippen molar-refractivity contribution in [1.82, 2.24) is 4.90 Å². The van der Waals surface area contributed by atoms with Crippen LogP contribution in [0.1, 0.15) is 44.7 Å². The Hall–Kier alpha value is -3.85. The van der Waals surface area contributed by atoms with E-state index in [1.165, 1.54) is 0 Å². The van der Waals surface area contributed by atoms with Crippen LogP contribution >= 0.6 is 0 Å². The molecule has 6 nitrogen and oxygen atoms in total. The average Bonchev–Trinajstić information content (AvgIpc) is 2.84. The number of unbranched alkanes of at least 4 members (excludes halogenated alkanes) is 1. The molecule has 0 aromatic heterocycles. The number of hydrogen-bond acceptors (Lipinski definition) is 5. The van der Waals surface area contributed by atoms with Crippen molar-refractivity contribution in [3.05, 3.63) is 76.4 Å². The molecule has 0 aliphatic carbocycles. The fourth-order valence-electron chi connectivity index (χ4n) is 3.71. The van der Waals surface area contributed by atoms with Gasteiger partial charge in [0.1, 0.15) is 11.6 Å². The number of nitrogens with zero attached hydrogens (tertiary/aromatic N) is 2. The molecule has 3 rings (SSSR count). The zero-order chi connectivity index (χ0) is 24.5. The minimum atomic E-state index is -0.548. The smallest absolute Gasteiger partial charge is 0.271 e. The number of ether oxygens (including phenoxy) is 2. The Morgan fingerprint density at radius 3 is 2.44 bits per heavy atom. The van der Waals surface area contributed by atoms with Crippen LogP contribution in [0, 0.1) is 11.3 Å². The number of benzene rings is 2. The number of carbonyl (C=O) groups is 2. The van der Waals surface area contributed by atoms with E-state index in [0.717, 1.165) is 28.9 Å². The molecule has 2 amide bonds. The predicted octanol–water partition coefficient (Wildman–Crippen LogP) is 5.10. The van der Waals surface area contributed by atoms with Crippen LogP contribution in [0.15, 0.2) is 65.3 Å². The van der Waals surface area contributed by atoms with Gasteiger partial charge in [0, 0.05) is 12.1 Å². The lowest BCUT2D eigenvalue weighted by Gasteiger charge is -2.27. The van der Waals surface area contributed by atoms with Gasteiger partial charge in [-0.2, -0.15) is 5.26 Å². The molecule has 0 saturated carbocycles. The Morgan fingerprint density at radius 1 is 1.00 bits per heavy atom. The number of nitriles is 1. The summed E-state index contributed by atoms with van der Waals surface area (Å²) in [5, 5.41) is 9.63. The molecule has 34 heavy (non-hydrogen) atoms. The Morgan fingerprint density at radius 2 is 1.76 bits per heavy atom. The molecule has 1 aliphatic rings. The minimum absolute atomic E-state index is 0.0107. The first-order valence-electron chi connectivity index (χ1n) is 11.6. The van der Waals surface area contributed by atoms with Crippen LogP contribution in [-0.2, 0) is 16.0 Å². The van der Waals surface area contributed by atoms with Crippen LogP contribution in [0.25, 0.3) is 6.08 Å². The van der Waals surface area contributed by atoms with Gasteiger partial charge in [0.15, 0.2) is 11.5 Å². The van der Waals surface area contributed by atoms with Crippen LogP contribution in [0.2, 0.25) is 0 Å². The number of carbonyl (C=O) groups excluding carboxylic acids is 2. The summed E-state index contributed by atoms with van der Waals surface area (Å²) >= 11 is 0. The molecule has 0 radical (unpaired) electrons. The number of rotatable bonds is 10. The number of amides is 2. The third-order valence-corrected chi connectivity index (χ3v) is 5.63. The van der Waals surface area contributed by atoms with Crippen LogP contribution in [0.3, 0.4) is 0 Å². The van der Waals surface area contributed by atoms with Gasteiger partial charge in [0.25, 0.3) is 11.8 Å². The molecule has 0 fully saturated rings. The van der Waals surface area contributed by atoms with Crippen molar-refractivity contribution >= 4 is 17.9 Å². The monoisotopic (exact) mass is 458 g/mol. The lowest BCUT2D eigenvalue weighted by atomic mass is 9.93. The molecule has 0 unspecified atom stereocenters. The summed E-state index contributed by atoms with van der Waals surface area (Å²) in [5.74, 6) is 0.291. The maximum absolute atomic E-state index is 13.3. The largest absolute Gasteiger partial charge is 0.490 e. The Labute approximate surface area is 201 Å². The molecule has 2 aromatic carbocycles. The predicted molar refractivity (Wildman–Crippen MR) is 131 cm³/mol. The third kappa shape index (κ3) is 5.74. The fraction of sp³-hybridized carbons (Fsp3) is 0.321. The highest BCUT2D eigenvalue weighted by Gasteiger charge is 2.35. The van der Waals surface area contributed by atoms with Crippen molar-refractivity contribution in [3.8, 4) is 17.6 Å². The first kappa shape index (κ1) is 24.8.